The van der Waals surface area contributed by atoms with E-state index in [4.69, 9.17) is 8.94 Å². The van der Waals surface area contributed by atoms with E-state index in [1.54, 1.807) is 16.8 Å². The molecule has 132 valence electrons. The number of aromatic nitrogens is 7. The molecule has 0 radical (unpaired) electrons. The second-order valence-corrected chi connectivity index (χ2v) is 5.67. The number of hydrogen-bond acceptors (Lipinski definition) is 8. The van der Waals surface area contributed by atoms with Crippen molar-refractivity contribution in [2.45, 2.75) is 6.54 Å². The predicted molar refractivity (Wildman–Crippen MR) is 92.0 cm³/mol. The van der Waals surface area contributed by atoms with Gasteiger partial charge in [-0.2, -0.15) is 10.1 Å². The third-order valence-corrected chi connectivity index (χ3v) is 3.95. The van der Waals surface area contributed by atoms with Gasteiger partial charge in [0.25, 0.3) is 11.4 Å². The first-order chi connectivity index (χ1) is 13.3. The van der Waals surface area contributed by atoms with E-state index in [0.29, 0.717) is 16.8 Å². The van der Waals surface area contributed by atoms with E-state index in [9.17, 15) is 4.79 Å². The molecule has 4 heterocycles. The molecule has 0 spiro atoms. The zero-order chi connectivity index (χ0) is 18.2. The lowest BCUT2D eigenvalue weighted by atomic mass is 10.3. The fourth-order valence-electron chi connectivity index (χ4n) is 2.68. The van der Waals surface area contributed by atoms with E-state index < -0.39 is 0 Å². The fraction of sp³-hybridized carbons (Fsp3) is 0.0588. The maximum atomic E-state index is 12.7. The Morgan fingerprint density at radius 3 is 2.78 bits per heavy atom. The van der Waals surface area contributed by atoms with E-state index in [2.05, 4.69) is 25.6 Å². The van der Waals surface area contributed by atoms with E-state index >= 15 is 0 Å². The van der Waals surface area contributed by atoms with Gasteiger partial charge in [0.05, 0.1) is 18.1 Å². The van der Waals surface area contributed by atoms with Crippen LogP contribution < -0.4 is 5.56 Å². The number of nitrogens with zero attached hydrogens (tertiary/aromatic N) is 7. The van der Waals surface area contributed by atoms with Crippen molar-refractivity contribution in [1.29, 1.82) is 0 Å². The Labute approximate surface area is 150 Å². The molecule has 10 nitrogen and oxygen atoms in total. The van der Waals surface area contributed by atoms with Crippen molar-refractivity contribution in [2.24, 2.45) is 0 Å². The maximum absolute atomic E-state index is 12.7. The Bertz CT molecular complexity index is 1270. The molecule has 10 heteroatoms. The molecule has 4 aromatic heterocycles. The number of furan rings is 1. The van der Waals surface area contributed by atoms with Gasteiger partial charge in [-0.25, -0.2) is 9.36 Å². The SMILES string of the molecule is O=c1c2cnn(-c3ccccc3)c2nnn1Cc1noc(-c2ccco2)n1. The van der Waals surface area contributed by atoms with Gasteiger partial charge >= 0.3 is 0 Å². The van der Waals surface area contributed by atoms with Crippen molar-refractivity contribution in [2.75, 3.05) is 0 Å². The Morgan fingerprint density at radius 1 is 1.07 bits per heavy atom. The summed E-state index contributed by atoms with van der Waals surface area (Å²) >= 11 is 0. The fourth-order valence-corrected chi connectivity index (χ4v) is 2.68. The normalized spacial score (nSPS) is 11.3. The standard InChI is InChI=1S/C17H11N7O3/c25-17-12-9-18-24(11-5-2-1-3-6-11)15(12)20-22-23(17)10-14-19-16(27-21-14)13-7-4-8-26-13/h1-9H,10H2. The second kappa shape index (κ2) is 6.02. The molecule has 5 rings (SSSR count). The van der Waals surface area contributed by atoms with Crippen molar-refractivity contribution in [3.05, 3.63) is 71.1 Å². The molecule has 0 bridgehead atoms. The summed E-state index contributed by atoms with van der Waals surface area (Å²) in [6, 6.07) is 12.8. The largest absolute Gasteiger partial charge is 0.459 e. The van der Waals surface area contributed by atoms with Crippen molar-refractivity contribution in [3.63, 3.8) is 0 Å². The number of hydrogen-bond donors (Lipinski definition) is 0. The number of fused-ring (bicyclic) bond motifs is 1. The maximum Gasteiger partial charge on any atom is 0.293 e. The van der Waals surface area contributed by atoms with Gasteiger partial charge in [-0.05, 0) is 24.3 Å². The van der Waals surface area contributed by atoms with Gasteiger partial charge in [0.1, 0.15) is 11.9 Å². The lowest BCUT2D eigenvalue weighted by molar-refractivity contribution is 0.404. The third-order valence-electron chi connectivity index (χ3n) is 3.95. The molecule has 0 atom stereocenters. The molecule has 0 unspecified atom stereocenters. The Morgan fingerprint density at radius 2 is 1.96 bits per heavy atom. The molecule has 0 aliphatic heterocycles. The first kappa shape index (κ1) is 15.2. The molecular weight excluding hydrogens is 350 g/mol. The van der Waals surface area contributed by atoms with E-state index in [1.165, 1.54) is 12.5 Å². The summed E-state index contributed by atoms with van der Waals surface area (Å²) in [6.45, 7) is 0.0164. The van der Waals surface area contributed by atoms with Crippen molar-refractivity contribution in [1.82, 2.24) is 34.9 Å². The monoisotopic (exact) mass is 361 g/mol. The average molecular weight is 361 g/mol. The van der Waals surface area contributed by atoms with Crippen LogP contribution >= 0.6 is 0 Å². The van der Waals surface area contributed by atoms with E-state index in [-0.39, 0.29) is 23.8 Å². The van der Waals surface area contributed by atoms with Crippen molar-refractivity contribution in [3.8, 4) is 17.3 Å². The van der Waals surface area contributed by atoms with E-state index in [1.807, 2.05) is 30.3 Å². The Hall–Kier alpha value is -4.08. The zero-order valence-electron chi connectivity index (χ0n) is 13.8. The average Bonchev–Trinajstić information content (AvgIpc) is 3.45. The molecule has 27 heavy (non-hydrogen) atoms. The molecular formula is C17H11N7O3. The van der Waals surface area contributed by atoms with E-state index in [0.717, 1.165) is 10.4 Å². The number of rotatable bonds is 4. The predicted octanol–water partition coefficient (Wildman–Crippen LogP) is 1.67. The van der Waals surface area contributed by atoms with Crippen LogP contribution in [0.1, 0.15) is 5.82 Å². The van der Waals surface area contributed by atoms with Gasteiger partial charge in [-0.3, -0.25) is 4.79 Å². The molecule has 0 fully saturated rings. The smallest absolute Gasteiger partial charge is 0.293 e. The first-order valence-electron chi connectivity index (χ1n) is 8.03. The van der Waals surface area contributed by atoms with Crippen molar-refractivity contribution < 1.29 is 8.94 Å². The van der Waals surface area contributed by atoms with Crippen LogP contribution in [0.3, 0.4) is 0 Å². The highest BCUT2D eigenvalue weighted by atomic mass is 16.5. The van der Waals surface area contributed by atoms with Crippen LogP contribution in [0.15, 0.2) is 68.7 Å². The van der Waals surface area contributed by atoms with Crippen LogP contribution in [0.25, 0.3) is 28.4 Å². The summed E-state index contributed by atoms with van der Waals surface area (Å²) < 4.78 is 13.1. The number of benzene rings is 1. The van der Waals surface area contributed by atoms with Crippen LogP contribution in [-0.2, 0) is 6.54 Å². The molecule has 0 aliphatic carbocycles. The van der Waals surface area contributed by atoms with Gasteiger partial charge in [0.2, 0.25) is 0 Å². The summed E-state index contributed by atoms with van der Waals surface area (Å²) in [5.74, 6) is 0.966. The lowest BCUT2D eigenvalue weighted by Crippen LogP contribution is -2.25. The minimum atomic E-state index is -0.341. The summed E-state index contributed by atoms with van der Waals surface area (Å²) in [4.78, 5) is 16.9. The molecule has 0 amide bonds. The summed E-state index contributed by atoms with van der Waals surface area (Å²) in [6.07, 6.45) is 2.98. The van der Waals surface area contributed by atoms with Crippen molar-refractivity contribution >= 4 is 11.0 Å². The van der Waals surface area contributed by atoms with Gasteiger partial charge in [-0.1, -0.05) is 28.6 Å². The molecule has 1 aromatic carbocycles. The third kappa shape index (κ3) is 2.59. The van der Waals surface area contributed by atoms with Gasteiger partial charge in [-0.15, -0.1) is 5.10 Å². The minimum absolute atomic E-state index is 0.0164. The summed E-state index contributed by atoms with van der Waals surface area (Å²) in [5, 5.41) is 16.6. The highest BCUT2D eigenvalue weighted by molar-refractivity contribution is 5.74. The second-order valence-electron chi connectivity index (χ2n) is 5.67. The Balaban J connectivity index is 1.50. The van der Waals surface area contributed by atoms with Crippen LogP contribution in [0.2, 0.25) is 0 Å². The quantitative estimate of drug-likeness (QED) is 0.474. The summed E-state index contributed by atoms with van der Waals surface area (Å²) in [5.41, 5.74) is 0.832. The zero-order valence-corrected chi connectivity index (χ0v) is 13.8. The molecule has 0 saturated heterocycles. The van der Waals surface area contributed by atoms with Crippen LogP contribution in [-0.4, -0.2) is 34.9 Å². The van der Waals surface area contributed by atoms with Crippen LogP contribution in [0.5, 0.6) is 0 Å². The van der Waals surface area contributed by atoms with Crippen LogP contribution in [0.4, 0.5) is 0 Å². The molecule has 0 saturated carbocycles. The van der Waals surface area contributed by atoms with Gasteiger partial charge < -0.3 is 8.94 Å². The summed E-state index contributed by atoms with van der Waals surface area (Å²) in [7, 11) is 0. The van der Waals surface area contributed by atoms with Gasteiger partial charge in [0.15, 0.2) is 17.2 Å². The van der Waals surface area contributed by atoms with Gasteiger partial charge in [0, 0.05) is 0 Å². The van der Waals surface area contributed by atoms with Crippen LogP contribution in [0, 0.1) is 0 Å². The molecule has 0 aliphatic rings. The topological polar surface area (TPSA) is 118 Å². The highest BCUT2D eigenvalue weighted by Crippen LogP contribution is 2.17. The molecule has 5 aromatic rings. The number of para-hydroxylation sites is 1. The lowest BCUT2D eigenvalue weighted by Gasteiger charge is -2.02. The first-order valence-corrected chi connectivity index (χ1v) is 8.03. The highest BCUT2D eigenvalue weighted by Gasteiger charge is 2.16. The Kier molecular flexibility index (Phi) is 3.39. The minimum Gasteiger partial charge on any atom is -0.459 e. The molecule has 0 N–H and O–H groups in total.